The fourth-order valence-electron chi connectivity index (χ4n) is 8.14. The molecule has 4 aromatic carbocycles. The molecule has 0 spiro atoms. The fourth-order valence-corrected chi connectivity index (χ4v) is 13.2. The number of nitrogens with zero attached hydrogens (tertiary/aromatic N) is 4. The molecule has 60 heavy (non-hydrogen) atoms. The van der Waals surface area contributed by atoms with Gasteiger partial charge in [0, 0.05) is 25.5 Å². The van der Waals surface area contributed by atoms with Crippen LogP contribution in [0.1, 0.15) is 39.7 Å². The Labute approximate surface area is 348 Å². The van der Waals surface area contributed by atoms with Gasteiger partial charge in [0.25, 0.3) is 8.32 Å². The highest BCUT2D eigenvalue weighted by atomic mass is 32.2. The number of methoxy groups -OCH3 is 1. The van der Waals surface area contributed by atoms with E-state index in [1.807, 2.05) is 60.7 Å². The molecule has 0 saturated heterocycles. The van der Waals surface area contributed by atoms with Crippen LogP contribution in [-0.2, 0) is 26.4 Å². The average Bonchev–Trinajstić information content (AvgIpc) is 3.35. The third-order valence-electron chi connectivity index (χ3n) is 10.7. The second-order valence-corrected chi connectivity index (χ2v) is 21.2. The first-order valence-corrected chi connectivity index (χ1v) is 22.9. The van der Waals surface area contributed by atoms with Crippen LogP contribution in [0, 0.1) is 11.6 Å². The predicted octanol–water partition coefficient (Wildman–Crippen LogP) is 8.50. The first kappa shape index (κ1) is 43.1. The highest BCUT2D eigenvalue weighted by molar-refractivity contribution is 7.84. The molecule has 0 bridgehead atoms. The van der Waals surface area contributed by atoms with Gasteiger partial charge in [-0.25, -0.2) is 23.7 Å². The largest absolute Gasteiger partial charge is 0.475 e. The van der Waals surface area contributed by atoms with Crippen LogP contribution in [-0.4, -0.2) is 79.6 Å². The molecule has 0 N–H and O–H groups in total. The summed E-state index contributed by atoms with van der Waals surface area (Å²) in [5, 5.41) is 1.83. The van der Waals surface area contributed by atoms with Gasteiger partial charge in [-0.1, -0.05) is 94.4 Å². The number of alkyl halides is 3. The summed E-state index contributed by atoms with van der Waals surface area (Å²) in [5.74, 6) is -1.88. The van der Waals surface area contributed by atoms with E-state index in [9.17, 15) is 17.4 Å². The summed E-state index contributed by atoms with van der Waals surface area (Å²) in [4.78, 5) is 14.3. The van der Waals surface area contributed by atoms with Crippen molar-refractivity contribution in [3.8, 4) is 22.9 Å². The van der Waals surface area contributed by atoms with E-state index >= 15 is 8.78 Å². The van der Waals surface area contributed by atoms with Crippen LogP contribution in [0.4, 0.5) is 27.8 Å². The van der Waals surface area contributed by atoms with Crippen LogP contribution in [0.5, 0.6) is 11.6 Å². The lowest BCUT2D eigenvalue weighted by atomic mass is 9.94. The Morgan fingerprint density at radius 1 is 0.917 bits per heavy atom. The molecule has 0 saturated carbocycles. The minimum Gasteiger partial charge on any atom is -0.475 e. The quantitative estimate of drug-likeness (QED) is 0.0491. The monoisotopic (exact) mass is 864 g/mol. The summed E-state index contributed by atoms with van der Waals surface area (Å²) in [5.41, 5.74) is -0.364. The molecule has 2 aromatic heterocycles. The Kier molecular flexibility index (Phi) is 12.3. The summed E-state index contributed by atoms with van der Waals surface area (Å²) >= 11 is 0. The molecule has 0 amide bonds. The second kappa shape index (κ2) is 17.1. The third-order valence-corrected chi connectivity index (χ3v) is 16.5. The number of pyridine rings is 1. The van der Waals surface area contributed by atoms with Crippen molar-refractivity contribution < 1.29 is 44.8 Å². The Hall–Kier alpha value is -5.03. The van der Waals surface area contributed by atoms with E-state index in [-0.39, 0.29) is 72.5 Å². The Morgan fingerprint density at radius 3 is 2.17 bits per heavy atom. The zero-order chi connectivity index (χ0) is 43.0. The van der Waals surface area contributed by atoms with Gasteiger partial charge in [-0.3, -0.25) is 4.21 Å². The molecule has 1 unspecified atom stereocenters. The number of aromatic nitrogens is 3. The molecule has 7 rings (SSSR count). The minimum absolute atomic E-state index is 0.0193. The number of ether oxygens (including phenoxy) is 3. The molecule has 1 aliphatic rings. The van der Waals surface area contributed by atoms with Crippen molar-refractivity contribution in [2.75, 3.05) is 44.8 Å². The average molecular weight is 865 g/mol. The summed E-state index contributed by atoms with van der Waals surface area (Å²) in [6.07, 6.45) is -3.23. The van der Waals surface area contributed by atoms with Gasteiger partial charge in [0.1, 0.15) is 47.1 Å². The molecule has 6 aromatic rings. The number of hydrogen-bond acceptors (Lipinski definition) is 9. The van der Waals surface area contributed by atoms with E-state index in [0.29, 0.717) is 10.8 Å². The first-order chi connectivity index (χ1) is 28.6. The van der Waals surface area contributed by atoms with Gasteiger partial charge in [0.15, 0.2) is 12.6 Å². The molecular weight excluding hydrogens is 820 g/mol. The molecule has 16 heteroatoms. The van der Waals surface area contributed by atoms with Crippen LogP contribution in [0.25, 0.3) is 32.9 Å². The summed E-state index contributed by atoms with van der Waals surface area (Å²) < 4.78 is 114. The maximum absolute atomic E-state index is 17.3. The van der Waals surface area contributed by atoms with Crippen LogP contribution >= 0.6 is 0 Å². The maximum atomic E-state index is 17.3. The van der Waals surface area contributed by atoms with Crippen molar-refractivity contribution in [3.63, 3.8) is 0 Å². The summed E-state index contributed by atoms with van der Waals surface area (Å²) in [7, 11) is -3.63. The van der Waals surface area contributed by atoms with Crippen LogP contribution < -0.4 is 24.7 Å². The molecule has 0 fully saturated rings. The molecule has 1 aliphatic heterocycles. The summed E-state index contributed by atoms with van der Waals surface area (Å²) in [6, 6.07) is 24.7. The van der Waals surface area contributed by atoms with Crippen LogP contribution in [0.2, 0.25) is 5.04 Å². The first-order valence-electron chi connectivity index (χ1n) is 19.4. The highest BCUT2D eigenvalue weighted by Gasteiger charge is 2.50. The normalized spacial score (nSPS) is 15.2. The maximum Gasteiger partial charge on any atom is 0.405 e. The lowest BCUT2D eigenvalue weighted by Crippen LogP contribution is -2.66. The minimum atomic E-state index is -4.75. The molecular formula is C44H45F5N4O5SSi. The van der Waals surface area contributed by atoms with Crippen LogP contribution in [0.15, 0.2) is 90.1 Å². The zero-order valence-electron chi connectivity index (χ0n) is 34.0. The molecule has 0 aliphatic carbocycles. The van der Waals surface area contributed by atoms with Crippen molar-refractivity contribution in [1.82, 2.24) is 15.0 Å². The van der Waals surface area contributed by atoms with E-state index in [1.54, 1.807) is 13.0 Å². The van der Waals surface area contributed by atoms with Crippen LogP contribution in [0.3, 0.4) is 0 Å². The van der Waals surface area contributed by atoms with E-state index in [1.165, 1.54) is 31.6 Å². The van der Waals surface area contributed by atoms with Gasteiger partial charge in [0.05, 0.1) is 16.8 Å². The number of fused-ring (bicyclic) bond motifs is 1. The predicted molar refractivity (Wildman–Crippen MR) is 225 cm³/mol. The van der Waals surface area contributed by atoms with E-state index in [0.717, 1.165) is 15.3 Å². The standard InChI is InChI=1S/C44H45F5N4O5SSi/c1-7-32-34(45)19-18-27-22-29(57-26-55-5)23-33(35(27)32)38-37(46)39-36-40(52-42(51-39)59(6)54)53(25-44(47,48)49)28(24-56-41(36)50-38)20-21-58-60(43(2,3)4,30-14-10-8-11-15-30)31-16-12-9-13-17-31/h8-19,22-23,28H,7,20-21,24-26H2,1-6H3/t28-,59?/m0/s1. The number of aryl methyl sites for hydroxylation is 1. The van der Waals surface area contributed by atoms with Gasteiger partial charge in [-0.2, -0.15) is 13.2 Å². The zero-order valence-corrected chi connectivity index (χ0v) is 35.8. The number of hydrogen-bond donors (Lipinski definition) is 0. The van der Waals surface area contributed by atoms with Gasteiger partial charge < -0.3 is 23.5 Å². The fraction of sp³-hybridized carbons (Fsp3) is 0.341. The second-order valence-electron chi connectivity index (χ2n) is 15.6. The lowest BCUT2D eigenvalue weighted by Gasteiger charge is -2.43. The Balaban J connectivity index is 1.39. The summed E-state index contributed by atoms with van der Waals surface area (Å²) in [6.45, 7) is 6.11. The van der Waals surface area contributed by atoms with Gasteiger partial charge in [-0.15, -0.1) is 0 Å². The topological polar surface area (TPSA) is 95.9 Å². The van der Waals surface area contributed by atoms with Crippen molar-refractivity contribution in [2.24, 2.45) is 0 Å². The number of anilines is 1. The number of halogens is 5. The third kappa shape index (κ3) is 8.21. The molecule has 0 radical (unpaired) electrons. The SMILES string of the molecule is CCc1c(F)ccc2cc(OCOC)cc(-c3nc4c5c(nc(S(C)=O)nc5c3F)N(CC(F)(F)F)[C@@H](CCO[Si](c3ccccc3)(c3ccccc3)C(C)(C)C)CO4)c12. The van der Waals surface area contributed by atoms with Crippen molar-refractivity contribution in [2.45, 2.75) is 62.9 Å². The molecule has 9 nitrogen and oxygen atoms in total. The van der Waals surface area contributed by atoms with Gasteiger partial charge in [0.2, 0.25) is 11.0 Å². The van der Waals surface area contributed by atoms with E-state index in [4.69, 9.17) is 18.6 Å². The molecule has 3 heterocycles. The Morgan fingerprint density at radius 2 is 1.58 bits per heavy atom. The van der Waals surface area contributed by atoms with Crippen molar-refractivity contribution in [1.29, 1.82) is 0 Å². The number of rotatable bonds is 13. The smallest absolute Gasteiger partial charge is 0.405 e. The highest BCUT2D eigenvalue weighted by Crippen LogP contribution is 2.44. The van der Waals surface area contributed by atoms with E-state index < -0.39 is 65.2 Å². The van der Waals surface area contributed by atoms with Gasteiger partial charge in [-0.05, 0) is 62.8 Å². The van der Waals surface area contributed by atoms with Crippen molar-refractivity contribution in [3.05, 3.63) is 102 Å². The van der Waals surface area contributed by atoms with E-state index in [2.05, 4.69) is 35.7 Å². The number of benzene rings is 4. The van der Waals surface area contributed by atoms with Crippen molar-refractivity contribution >= 4 is 57.0 Å². The molecule has 2 atom stereocenters. The molecule has 316 valence electrons. The Bertz CT molecular complexity index is 2500. The lowest BCUT2D eigenvalue weighted by molar-refractivity contribution is -0.121. The van der Waals surface area contributed by atoms with Gasteiger partial charge >= 0.3 is 6.18 Å².